The molecular weight excluding hydrogens is 338 g/mol. The minimum Gasteiger partial charge on any atom is -0.353 e. The van der Waals surface area contributed by atoms with Crippen LogP contribution < -0.4 is 9.80 Å². The van der Waals surface area contributed by atoms with Gasteiger partial charge in [-0.05, 0) is 38.8 Å². The molecule has 27 heavy (non-hydrogen) atoms. The lowest BCUT2D eigenvalue weighted by atomic mass is 10.1. The van der Waals surface area contributed by atoms with E-state index in [2.05, 4.69) is 20.9 Å². The minimum absolute atomic E-state index is 0.117. The Morgan fingerprint density at radius 1 is 0.852 bits per heavy atom. The maximum absolute atomic E-state index is 12.7. The Labute approximate surface area is 160 Å². The smallest absolute Gasteiger partial charge is 0.253 e. The van der Waals surface area contributed by atoms with Crippen molar-refractivity contribution in [1.29, 1.82) is 0 Å². The Kier molecular flexibility index (Phi) is 4.97. The van der Waals surface area contributed by atoms with E-state index >= 15 is 0 Å². The number of carbonyl (C=O) groups is 1. The van der Waals surface area contributed by atoms with Gasteiger partial charge < -0.3 is 14.7 Å². The maximum atomic E-state index is 12.7. The first-order chi connectivity index (χ1) is 13.1. The first kappa shape index (κ1) is 17.8. The maximum Gasteiger partial charge on any atom is 0.253 e. The van der Waals surface area contributed by atoms with Crippen LogP contribution in [0.25, 0.3) is 0 Å². The largest absolute Gasteiger partial charge is 0.353 e. The number of carbonyl (C=O) groups excluding carboxylic acids is 1. The molecule has 1 aromatic carbocycles. The van der Waals surface area contributed by atoms with Gasteiger partial charge in [0.25, 0.3) is 5.91 Å². The number of piperazine rings is 1. The average molecular weight is 365 g/mol. The first-order valence-corrected chi connectivity index (χ1v) is 9.82. The van der Waals surface area contributed by atoms with E-state index in [9.17, 15) is 4.79 Å². The SMILES string of the molecule is Cc1ccc(C(=O)N2CCN(c3cc(C)nc(N4CCCC4)n3)CC2)cc1. The van der Waals surface area contributed by atoms with Crippen molar-refractivity contribution in [3.05, 3.63) is 47.2 Å². The monoisotopic (exact) mass is 365 g/mol. The molecule has 0 unspecified atom stereocenters. The summed E-state index contributed by atoms with van der Waals surface area (Å²) in [5.41, 5.74) is 2.94. The Morgan fingerprint density at radius 2 is 1.52 bits per heavy atom. The van der Waals surface area contributed by atoms with Gasteiger partial charge in [0.15, 0.2) is 0 Å². The van der Waals surface area contributed by atoms with Gasteiger partial charge in [0.05, 0.1) is 0 Å². The van der Waals surface area contributed by atoms with Crippen LogP contribution in [0.15, 0.2) is 30.3 Å². The summed E-state index contributed by atoms with van der Waals surface area (Å²) in [5.74, 6) is 1.94. The van der Waals surface area contributed by atoms with Crippen LogP contribution in [0.2, 0.25) is 0 Å². The van der Waals surface area contributed by atoms with E-state index in [1.54, 1.807) is 0 Å². The highest BCUT2D eigenvalue weighted by Gasteiger charge is 2.24. The van der Waals surface area contributed by atoms with Crippen LogP contribution in [0, 0.1) is 13.8 Å². The molecule has 0 aliphatic carbocycles. The molecule has 2 aliphatic heterocycles. The number of rotatable bonds is 3. The second-order valence-electron chi connectivity index (χ2n) is 7.51. The molecule has 6 heteroatoms. The summed E-state index contributed by atoms with van der Waals surface area (Å²) in [6.07, 6.45) is 2.43. The van der Waals surface area contributed by atoms with Crippen molar-refractivity contribution < 1.29 is 4.79 Å². The molecule has 1 aromatic heterocycles. The van der Waals surface area contributed by atoms with Gasteiger partial charge in [-0.1, -0.05) is 17.7 Å². The first-order valence-electron chi connectivity index (χ1n) is 9.82. The van der Waals surface area contributed by atoms with Crippen molar-refractivity contribution in [1.82, 2.24) is 14.9 Å². The van der Waals surface area contributed by atoms with Crippen LogP contribution >= 0.6 is 0 Å². The van der Waals surface area contributed by atoms with Gasteiger partial charge in [0.2, 0.25) is 5.95 Å². The fourth-order valence-electron chi connectivity index (χ4n) is 3.77. The number of hydrogen-bond acceptors (Lipinski definition) is 5. The number of aromatic nitrogens is 2. The lowest BCUT2D eigenvalue weighted by Gasteiger charge is -2.35. The molecule has 0 spiro atoms. The number of hydrogen-bond donors (Lipinski definition) is 0. The molecule has 0 bridgehead atoms. The number of amides is 1. The Bertz CT molecular complexity index is 806. The van der Waals surface area contributed by atoms with Crippen LogP contribution in [0.5, 0.6) is 0 Å². The van der Waals surface area contributed by atoms with Crippen molar-refractivity contribution >= 4 is 17.7 Å². The lowest BCUT2D eigenvalue weighted by molar-refractivity contribution is 0.0746. The minimum atomic E-state index is 0.117. The molecule has 0 radical (unpaired) electrons. The zero-order valence-corrected chi connectivity index (χ0v) is 16.2. The van der Waals surface area contributed by atoms with E-state index in [0.717, 1.165) is 62.3 Å². The third-order valence-corrected chi connectivity index (χ3v) is 5.41. The summed E-state index contributed by atoms with van der Waals surface area (Å²) in [6, 6.07) is 9.87. The van der Waals surface area contributed by atoms with Crippen LogP contribution in [0.3, 0.4) is 0 Å². The highest BCUT2D eigenvalue weighted by molar-refractivity contribution is 5.94. The fraction of sp³-hybridized carbons (Fsp3) is 0.476. The molecule has 142 valence electrons. The summed E-state index contributed by atoms with van der Waals surface area (Å²) in [7, 11) is 0. The van der Waals surface area contributed by atoms with E-state index in [4.69, 9.17) is 4.98 Å². The molecule has 2 aromatic rings. The summed E-state index contributed by atoms with van der Waals surface area (Å²) in [5, 5.41) is 0. The molecule has 4 rings (SSSR count). The van der Waals surface area contributed by atoms with E-state index in [-0.39, 0.29) is 5.91 Å². The number of anilines is 2. The third kappa shape index (κ3) is 3.89. The molecule has 3 heterocycles. The van der Waals surface area contributed by atoms with E-state index in [0.29, 0.717) is 0 Å². The van der Waals surface area contributed by atoms with E-state index in [1.807, 2.05) is 43.0 Å². The summed E-state index contributed by atoms with van der Waals surface area (Å²) >= 11 is 0. The topological polar surface area (TPSA) is 52.6 Å². The van der Waals surface area contributed by atoms with Gasteiger partial charge in [-0.2, -0.15) is 4.98 Å². The second-order valence-corrected chi connectivity index (χ2v) is 7.51. The molecule has 6 nitrogen and oxygen atoms in total. The third-order valence-electron chi connectivity index (χ3n) is 5.41. The molecule has 0 saturated carbocycles. The second kappa shape index (κ2) is 7.55. The molecule has 2 aliphatic rings. The molecule has 0 N–H and O–H groups in total. The van der Waals surface area contributed by atoms with Crippen molar-refractivity contribution in [2.24, 2.45) is 0 Å². The molecule has 2 saturated heterocycles. The number of nitrogens with zero attached hydrogens (tertiary/aromatic N) is 5. The predicted octanol–water partition coefficient (Wildman–Crippen LogP) is 2.66. The predicted molar refractivity (Wildman–Crippen MR) is 108 cm³/mol. The zero-order valence-electron chi connectivity index (χ0n) is 16.2. The highest BCUT2D eigenvalue weighted by atomic mass is 16.2. The Hall–Kier alpha value is -2.63. The molecular formula is C21H27N5O. The molecule has 0 atom stereocenters. The van der Waals surface area contributed by atoms with Gasteiger partial charge in [-0.25, -0.2) is 4.98 Å². The standard InChI is InChI=1S/C21H27N5O/c1-16-5-7-18(8-6-16)20(27)25-13-11-24(12-14-25)19-15-17(2)22-21(23-19)26-9-3-4-10-26/h5-8,15H,3-4,9-14H2,1-2H3. The lowest BCUT2D eigenvalue weighted by Crippen LogP contribution is -2.49. The Morgan fingerprint density at radius 3 is 2.19 bits per heavy atom. The van der Waals surface area contributed by atoms with E-state index in [1.165, 1.54) is 18.4 Å². The quantitative estimate of drug-likeness (QED) is 0.837. The fourth-order valence-corrected chi connectivity index (χ4v) is 3.77. The molecule has 2 fully saturated rings. The number of benzene rings is 1. The van der Waals surface area contributed by atoms with Gasteiger partial charge >= 0.3 is 0 Å². The van der Waals surface area contributed by atoms with Crippen molar-refractivity contribution in [3.63, 3.8) is 0 Å². The van der Waals surface area contributed by atoms with Gasteiger partial charge in [0.1, 0.15) is 5.82 Å². The average Bonchev–Trinajstić information content (AvgIpc) is 3.23. The van der Waals surface area contributed by atoms with Crippen molar-refractivity contribution in [2.75, 3.05) is 49.1 Å². The van der Waals surface area contributed by atoms with Gasteiger partial charge in [-0.3, -0.25) is 4.79 Å². The zero-order chi connectivity index (χ0) is 18.8. The summed E-state index contributed by atoms with van der Waals surface area (Å²) < 4.78 is 0. The van der Waals surface area contributed by atoms with Gasteiger partial charge in [-0.15, -0.1) is 0 Å². The van der Waals surface area contributed by atoms with Crippen molar-refractivity contribution in [2.45, 2.75) is 26.7 Å². The number of aryl methyl sites for hydroxylation is 2. The summed E-state index contributed by atoms with van der Waals surface area (Å²) in [4.78, 5) is 28.6. The van der Waals surface area contributed by atoms with Crippen LogP contribution in [0.4, 0.5) is 11.8 Å². The molecule has 1 amide bonds. The van der Waals surface area contributed by atoms with Crippen LogP contribution in [-0.4, -0.2) is 60.0 Å². The van der Waals surface area contributed by atoms with E-state index < -0.39 is 0 Å². The van der Waals surface area contributed by atoms with Crippen LogP contribution in [-0.2, 0) is 0 Å². The summed E-state index contributed by atoms with van der Waals surface area (Å²) in [6.45, 7) is 9.18. The Balaban J connectivity index is 1.43. The van der Waals surface area contributed by atoms with Crippen molar-refractivity contribution in [3.8, 4) is 0 Å². The van der Waals surface area contributed by atoms with Crippen LogP contribution in [0.1, 0.15) is 34.5 Å². The van der Waals surface area contributed by atoms with Gasteiger partial charge in [0, 0.05) is 56.6 Å². The highest BCUT2D eigenvalue weighted by Crippen LogP contribution is 2.22. The normalized spacial score (nSPS) is 17.5.